The molecule has 8 nitrogen and oxygen atoms in total. The molecule has 2 heterocycles. The van der Waals surface area contributed by atoms with E-state index in [9.17, 15) is 5.41 Å². The molecule has 2 saturated heterocycles. The molecular formula is C27H33N7OU. The summed E-state index contributed by atoms with van der Waals surface area (Å²) in [5.41, 5.74) is 14.9. The summed E-state index contributed by atoms with van der Waals surface area (Å²) in [6.45, 7) is 4.33. The van der Waals surface area contributed by atoms with Crippen LogP contribution in [0.4, 0.5) is 0 Å². The molecule has 186 valence electrons. The zero-order valence-electron chi connectivity index (χ0n) is 20.4. The van der Waals surface area contributed by atoms with E-state index in [1.807, 2.05) is 30.3 Å². The van der Waals surface area contributed by atoms with Gasteiger partial charge in [-0.25, -0.2) is 0 Å². The van der Waals surface area contributed by atoms with Crippen molar-refractivity contribution in [2.75, 3.05) is 26.2 Å². The van der Waals surface area contributed by atoms with Crippen LogP contribution in [0.3, 0.4) is 0 Å². The number of benzene rings is 2. The van der Waals surface area contributed by atoms with E-state index in [1.165, 1.54) is 25.9 Å². The topological polar surface area (TPSA) is 132 Å². The predicted molar refractivity (Wildman–Crippen MR) is 140 cm³/mol. The van der Waals surface area contributed by atoms with Crippen molar-refractivity contribution in [2.45, 2.75) is 37.8 Å². The average Bonchev–Trinajstić information content (AvgIpc) is 2.79. The van der Waals surface area contributed by atoms with Crippen molar-refractivity contribution in [1.82, 2.24) is 15.5 Å². The molecule has 6 N–H and O–H groups in total. The quantitative estimate of drug-likeness (QED) is 0.257. The van der Waals surface area contributed by atoms with Gasteiger partial charge in [-0.15, -0.1) is 0 Å². The third kappa shape index (κ3) is 5.81. The van der Waals surface area contributed by atoms with Crippen LogP contribution in [0.5, 0.6) is 11.5 Å². The molecule has 0 amide bonds. The van der Waals surface area contributed by atoms with Gasteiger partial charge in [-0.2, -0.15) is 0 Å². The SMILES string of the molecule is [N-]=C(NC1CCN(C2CC3(CNC3)C2)CC1)/C(C(=N)c1ccc(Oc2ccccc2)cc1)=C(\[NH-])N.[U+2]. The summed E-state index contributed by atoms with van der Waals surface area (Å²) in [6.07, 6.45) is 4.42. The van der Waals surface area contributed by atoms with Crippen LogP contribution >= 0.6 is 0 Å². The molecule has 36 heavy (non-hydrogen) atoms. The van der Waals surface area contributed by atoms with E-state index in [4.69, 9.17) is 21.6 Å². The number of rotatable bonds is 7. The maximum atomic E-state index is 10.8. The van der Waals surface area contributed by atoms with Crippen molar-refractivity contribution in [3.05, 3.63) is 82.7 Å². The van der Waals surface area contributed by atoms with Crippen molar-refractivity contribution in [1.29, 1.82) is 5.41 Å². The van der Waals surface area contributed by atoms with E-state index in [0.29, 0.717) is 22.8 Å². The van der Waals surface area contributed by atoms with Gasteiger partial charge < -0.3 is 37.1 Å². The van der Waals surface area contributed by atoms with Gasteiger partial charge in [0, 0.05) is 24.7 Å². The number of hydrogen-bond acceptors (Lipinski definition) is 5. The van der Waals surface area contributed by atoms with E-state index in [-0.39, 0.29) is 60.1 Å². The van der Waals surface area contributed by atoms with E-state index in [0.717, 1.165) is 31.7 Å². The Morgan fingerprint density at radius 2 is 1.67 bits per heavy atom. The maximum Gasteiger partial charge on any atom is 2.00 e. The Hall–Kier alpha value is -2.31. The zero-order chi connectivity index (χ0) is 24.4. The first kappa shape index (κ1) is 26.7. The van der Waals surface area contributed by atoms with Crippen LogP contribution in [0.1, 0.15) is 31.2 Å². The first-order valence-electron chi connectivity index (χ1n) is 12.3. The fourth-order valence-corrected chi connectivity index (χ4v) is 5.48. The predicted octanol–water partition coefficient (Wildman–Crippen LogP) is 3.84. The molecular weight excluding hydrogens is 676 g/mol. The zero-order valence-corrected chi connectivity index (χ0v) is 24.6. The van der Waals surface area contributed by atoms with Crippen molar-refractivity contribution in [3.8, 4) is 11.5 Å². The van der Waals surface area contributed by atoms with Crippen LogP contribution in [0, 0.1) is 41.9 Å². The second-order valence-electron chi connectivity index (χ2n) is 10.1. The molecule has 0 radical (unpaired) electrons. The van der Waals surface area contributed by atoms with Crippen molar-refractivity contribution >= 4 is 11.5 Å². The molecule has 0 bridgehead atoms. The molecule has 2 aliphatic heterocycles. The number of hydrogen-bond donors (Lipinski definition) is 4. The Morgan fingerprint density at radius 3 is 2.22 bits per heavy atom. The Bertz CT molecular complexity index is 1090. The number of ether oxygens (including phenoxy) is 1. The van der Waals surface area contributed by atoms with Crippen molar-refractivity contribution in [3.63, 3.8) is 0 Å². The maximum absolute atomic E-state index is 10.8. The number of nitrogens with one attached hydrogen (secondary N) is 4. The largest absolute Gasteiger partial charge is 2.00 e. The molecule has 0 atom stereocenters. The molecule has 5 rings (SSSR count). The van der Waals surface area contributed by atoms with Gasteiger partial charge in [-0.05, 0) is 92.2 Å². The van der Waals surface area contributed by atoms with Gasteiger partial charge >= 0.3 is 31.1 Å². The van der Waals surface area contributed by atoms with Crippen LogP contribution in [-0.4, -0.2) is 54.7 Å². The molecule has 9 heteroatoms. The van der Waals surface area contributed by atoms with Crippen LogP contribution < -0.4 is 21.1 Å². The van der Waals surface area contributed by atoms with E-state index in [1.54, 1.807) is 24.3 Å². The molecule has 3 fully saturated rings. The summed E-state index contributed by atoms with van der Waals surface area (Å²) >= 11 is 0. The van der Waals surface area contributed by atoms with Gasteiger partial charge in [-0.1, -0.05) is 29.9 Å². The minimum absolute atomic E-state index is 0. The van der Waals surface area contributed by atoms with Gasteiger partial charge in [0.05, 0.1) is 5.71 Å². The molecule has 2 aromatic rings. The van der Waals surface area contributed by atoms with Gasteiger partial charge in [0.25, 0.3) is 0 Å². The third-order valence-corrected chi connectivity index (χ3v) is 7.60. The summed E-state index contributed by atoms with van der Waals surface area (Å²) in [6, 6.07) is 17.2. The second kappa shape index (κ2) is 11.4. The molecule has 1 aliphatic carbocycles. The molecule has 3 aliphatic rings. The van der Waals surface area contributed by atoms with E-state index in [2.05, 4.69) is 15.5 Å². The van der Waals surface area contributed by atoms with Gasteiger partial charge in [-0.3, -0.25) is 5.41 Å². The Kier molecular flexibility index (Phi) is 8.46. The Morgan fingerprint density at radius 1 is 1.06 bits per heavy atom. The standard InChI is InChI=1S/C27H33N7O.U/c28-24(18-6-8-22(9-7-18)35-21-4-2-1-3-5-21)23(25(29)30)26(31)33-19-10-12-34(13-11-19)20-14-27(15-20)16-32-17-27;/h1-9,19-20,28-29,32H,10-17,30H2,(H-,31,33);/q-2;+2/b25-23+,28-24?;. The Balaban J connectivity index is 0.00000304. The fourth-order valence-electron chi connectivity index (χ4n) is 5.48. The first-order valence-corrected chi connectivity index (χ1v) is 12.3. The number of para-hydroxylation sites is 1. The smallest absolute Gasteiger partial charge is 0.494 e. The van der Waals surface area contributed by atoms with E-state index >= 15 is 0 Å². The van der Waals surface area contributed by atoms with E-state index < -0.39 is 0 Å². The number of nitrogens with zero attached hydrogens (tertiary/aromatic N) is 2. The minimum atomic E-state index is -0.337. The first-order chi connectivity index (χ1) is 16.9. The summed E-state index contributed by atoms with van der Waals surface area (Å²) in [7, 11) is 0. The molecule has 2 aromatic carbocycles. The second-order valence-corrected chi connectivity index (χ2v) is 10.1. The minimum Gasteiger partial charge on any atom is -0.494 e. The third-order valence-electron chi connectivity index (χ3n) is 7.60. The summed E-state index contributed by atoms with van der Waals surface area (Å²) in [4.78, 5) is 2.58. The average molecular weight is 710 g/mol. The Labute approximate surface area is 236 Å². The summed E-state index contributed by atoms with van der Waals surface area (Å²) in [5.74, 6) is 0.829. The van der Waals surface area contributed by atoms with Crippen LogP contribution in [0.15, 0.2) is 66.0 Å². The number of piperidine rings is 1. The molecule has 0 aromatic heterocycles. The number of nitrogens with two attached hydrogens (primary N) is 1. The van der Waals surface area contributed by atoms with Crippen molar-refractivity contribution in [2.24, 2.45) is 11.1 Å². The summed E-state index contributed by atoms with van der Waals surface area (Å²) < 4.78 is 5.81. The monoisotopic (exact) mass is 709 g/mol. The summed E-state index contributed by atoms with van der Waals surface area (Å²) in [5, 5.41) is 26.0. The molecule has 1 saturated carbocycles. The van der Waals surface area contributed by atoms with Crippen LogP contribution in [0.25, 0.3) is 11.1 Å². The van der Waals surface area contributed by atoms with Crippen LogP contribution in [0.2, 0.25) is 0 Å². The number of likely N-dealkylation sites (tertiary alicyclic amines) is 1. The van der Waals surface area contributed by atoms with Gasteiger partial charge in [0.15, 0.2) is 0 Å². The van der Waals surface area contributed by atoms with Crippen molar-refractivity contribution < 1.29 is 35.9 Å². The van der Waals surface area contributed by atoms with Crippen LogP contribution in [-0.2, 0) is 0 Å². The van der Waals surface area contributed by atoms with Gasteiger partial charge in [0.2, 0.25) is 0 Å². The molecule has 0 unspecified atom stereocenters. The fraction of sp³-hybridized carbons (Fsp3) is 0.407. The number of amidine groups is 1. The normalized spacial score (nSPS) is 20.3. The molecule has 1 spiro atoms. The van der Waals surface area contributed by atoms with Gasteiger partial charge in [0.1, 0.15) is 11.5 Å².